The maximum absolute atomic E-state index is 5.23. The van der Waals surface area contributed by atoms with Gasteiger partial charge in [0.2, 0.25) is 0 Å². The highest BCUT2D eigenvalue weighted by Crippen LogP contribution is 2.39. The van der Waals surface area contributed by atoms with Crippen molar-refractivity contribution in [2.45, 2.75) is 0 Å². The molecule has 4 aromatic heterocycles. The van der Waals surface area contributed by atoms with Gasteiger partial charge in [-0.3, -0.25) is 4.98 Å². The fourth-order valence-corrected chi connectivity index (χ4v) is 6.49. The van der Waals surface area contributed by atoms with Crippen molar-refractivity contribution in [1.29, 1.82) is 0 Å². The van der Waals surface area contributed by atoms with E-state index in [1.165, 1.54) is 5.39 Å². The molecule has 0 spiro atoms. The maximum atomic E-state index is 5.23. The lowest BCUT2D eigenvalue weighted by Gasteiger charge is -2.14. The van der Waals surface area contributed by atoms with Crippen molar-refractivity contribution in [3.05, 3.63) is 158 Å². The third kappa shape index (κ3) is 4.39. The lowest BCUT2D eigenvalue weighted by Crippen LogP contribution is -1.94. The molecule has 0 atom stereocenters. The lowest BCUT2D eigenvalue weighted by molar-refractivity contribution is 1.29. The molecule has 4 nitrogen and oxygen atoms in total. The number of rotatable bonds is 4. The molecule has 214 valence electrons. The van der Waals surface area contributed by atoms with Gasteiger partial charge in [-0.2, -0.15) is 0 Å². The van der Waals surface area contributed by atoms with Crippen LogP contribution < -0.4 is 0 Å². The number of hydrogen-bond acceptors (Lipinski definition) is 4. The monoisotopic (exact) mass is 586 g/mol. The van der Waals surface area contributed by atoms with Crippen LogP contribution in [0.5, 0.6) is 0 Å². The zero-order valence-corrected chi connectivity index (χ0v) is 24.8. The van der Waals surface area contributed by atoms with Crippen molar-refractivity contribution in [2.75, 3.05) is 0 Å². The van der Waals surface area contributed by atoms with Crippen LogP contribution in [0, 0.1) is 0 Å². The largest absolute Gasteiger partial charge is 0.255 e. The van der Waals surface area contributed by atoms with Crippen LogP contribution in [-0.4, -0.2) is 19.9 Å². The molecule has 0 unspecified atom stereocenters. The van der Waals surface area contributed by atoms with Crippen molar-refractivity contribution in [3.63, 3.8) is 0 Å². The van der Waals surface area contributed by atoms with E-state index in [4.69, 9.17) is 15.0 Å². The summed E-state index contributed by atoms with van der Waals surface area (Å²) in [4.78, 5) is 20.1. The van der Waals surface area contributed by atoms with Crippen LogP contribution in [0.2, 0.25) is 0 Å². The van der Waals surface area contributed by atoms with Gasteiger partial charge < -0.3 is 0 Å². The van der Waals surface area contributed by atoms with Gasteiger partial charge in [-0.15, -0.1) is 0 Å². The molecule has 0 amide bonds. The number of nitrogens with zero attached hydrogens (tertiary/aromatic N) is 4. The van der Waals surface area contributed by atoms with Crippen molar-refractivity contribution < 1.29 is 0 Å². The van der Waals surface area contributed by atoms with Gasteiger partial charge in [0, 0.05) is 44.3 Å². The molecule has 0 aliphatic carbocycles. The Hall–Kier alpha value is -6.26. The van der Waals surface area contributed by atoms with Gasteiger partial charge in [-0.25, -0.2) is 15.0 Å². The molecule has 0 aliphatic heterocycles. The van der Waals surface area contributed by atoms with E-state index >= 15 is 0 Å². The Morgan fingerprint density at radius 3 is 1.80 bits per heavy atom. The second-order valence-electron chi connectivity index (χ2n) is 11.5. The van der Waals surface area contributed by atoms with Crippen LogP contribution in [0.1, 0.15) is 0 Å². The molecular formula is C42H26N4. The molecule has 0 saturated heterocycles. The number of pyridine rings is 4. The van der Waals surface area contributed by atoms with Crippen LogP contribution in [0.4, 0.5) is 0 Å². The van der Waals surface area contributed by atoms with E-state index in [1.54, 1.807) is 0 Å². The Morgan fingerprint density at radius 2 is 1.02 bits per heavy atom. The highest BCUT2D eigenvalue weighted by Gasteiger charge is 2.16. The quantitative estimate of drug-likeness (QED) is 0.193. The Labute approximate surface area is 265 Å². The standard InChI is InChI=1S/C42H26N4/c1-2-10-27(11-3-1)35-23-21-28-19-20-29-22-24-36(45-41(29)40(28)44-35)31-13-8-12-30(26-31)32-15-9-16-34-39(32)33-14-4-5-17-37(33)46-42(34)38-18-6-7-25-43-38/h1-26H. The van der Waals surface area contributed by atoms with Crippen LogP contribution in [0.15, 0.2) is 158 Å². The maximum Gasteiger partial charge on any atom is 0.0972 e. The molecule has 5 aromatic carbocycles. The highest BCUT2D eigenvalue weighted by molar-refractivity contribution is 6.17. The zero-order valence-electron chi connectivity index (χ0n) is 24.8. The third-order valence-electron chi connectivity index (χ3n) is 8.69. The molecule has 9 rings (SSSR count). The molecule has 0 radical (unpaired) electrons. The van der Waals surface area contributed by atoms with Crippen molar-refractivity contribution in [2.24, 2.45) is 0 Å². The summed E-state index contributed by atoms with van der Waals surface area (Å²) in [7, 11) is 0. The minimum absolute atomic E-state index is 0.862. The number of aromatic nitrogens is 4. The van der Waals surface area contributed by atoms with Crippen LogP contribution in [-0.2, 0) is 0 Å². The van der Waals surface area contributed by atoms with E-state index < -0.39 is 0 Å². The van der Waals surface area contributed by atoms with Gasteiger partial charge in [0.25, 0.3) is 0 Å². The van der Waals surface area contributed by atoms with Gasteiger partial charge in [-0.1, -0.05) is 115 Å². The molecule has 0 fully saturated rings. The molecule has 4 heteroatoms. The second kappa shape index (κ2) is 10.7. The van der Waals surface area contributed by atoms with E-state index in [9.17, 15) is 0 Å². The molecule has 4 heterocycles. The van der Waals surface area contributed by atoms with Crippen molar-refractivity contribution >= 4 is 43.5 Å². The molecular weight excluding hydrogens is 560 g/mol. The van der Waals surface area contributed by atoms with Crippen LogP contribution >= 0.6 is 0 Å². The Bertz CT molecular complexity index is 2580. The van der Waals surface area contributed by atoms with Gasteiger partial charge >= 0.3 is 0 Å². The minimum atomic E-state index is 0.862. The average Bonchev–Trinajstić information content (AvgIpc) is 3.14. The van der Waals surface area contributed by atoms with E-state index in [2.05, 4.69) is 114 Å². The molecule has 46 heavy (non-hydrogen) atoms. The SMILES string of the molecule is c1ccc(-c2ccc3ccc4ccc(-c5cccc(-c6cccc7c(-c8ccccn8)nc8ccccc8c67)c5)nc4c3n2)cc1. The minimum Gasteiger partial charge on any atom is -0.255 e. The number of fused-ring (bicyclic) bond motifs is 6. The molecule has 0 saturated carbocycles. The van der Waals surface area contributed by atoms with E-state index in [1.807, 2.05) is 48.7 Å². The zero-order chi connectivity index (χ0) is 30.5. The first kappa shape index (κ1) is 26.2. The summed E-state index contributed by atoms with van der Waals surface area (Å²) >= 11 is 0. The molecule has 9 aromatic rings. The first-order chi connectivity index (χ1) is 22.8. The predicted octanol–water partition coefficient (Wildman–Crippen LogP) is 10.5. The van der Waals surface area contributed by atoms with Gasteiger partial charge in [0.1, 0.15) is 0 Å². The van der Waals surface area contributed by atoms with Gasteiger partial charge in [-0.05, 0) is 47.5 Å². The molecule has 0 N–H and O–H groups in total. The summed E-state index contributed by atoms with van der Waals surface area (Å²) in [6.07, 6.45) is 1.82. The summed E-state index contributed by atoms with van der Waals surface area (Å²) in [6.45, 7) is 0. The first-order valence-corrected chi connectivity index (χ1v) is 15.4. The molecule has 0 bridgehead atoms. The summed E-state index contributed by atoms with van der Waals surface area (Å²) < 4.78 is 0. The summed E-state index contributed by atoms with van der Waals surface area (Å²) in [5.41, 5.74) is 10.8. The smallest absolute Gasteiger partial charge is 0.0972 e. The van der Waals surface area contributed by atoms with E-state index in [-0.39, 0.29) is 0 Å². The van der Waals surface area contributed by atoms with Crippen LogP contribution in [0.3, 0.4) is 0 Å². The number of para-hydroxylation sites is 1. The Balaban J connectivity index is 1.22. The number of hydrogen-bond donors (Lipinski definition) is 0. The topological polar surface area (TPSA) is 51.6 Å². The first-order valence-electron chi connectivity index (χ1n) is 15.4. The van der Waals surface area contributed by atoms with E-state index in [0.29, 0.717) is 0 Å². The summed E-state index contributed by atoms with van der Waals surface area (Å²) in [6, 6.07) is 52.5. The fourth-order valence-electron chi connectivity index (χ4n) is 6.49. The van der Waals surface area contributed by atoms with Crippen molar-refractivity contribution in [3.8, 4) is 45.0 Å². The van der Waals surface area contributed by atoms with E-state index in [0.717, 1.165) is 83.1 Å². The average molecular weight is 587 g/mol. The number of benzene rings is 5. The Kier molecular flexibility index (Phi) is 6.10. The predicted molar refractivity (Wildman–Crippen MR) is 189 cm³/mol. The summed E-state index contributed by atoms with van der Waals surface area (Å²) in [5, 5.41) is 5.51. The van der Waals surface area contributed by atoms with Gasteiger partial charge in [0.15, 0.2) is 0 Å². The second-order valence-corrected chi connectivity index (χ2v) is 11.5. The normalized spacial score (nSPS) is 11.5. The van der Waals surface area contributed by atoms with Gasteiger partial charge in [0.05, 0.1) is 39.3 Å². The molecule has 0 aliphatic rings. The summed E-state index contributed by atoms with van der Waals surface area (Å²) in [5.74, 6) is 0. The lowest BCUT2D eigenvalue weighted by atomic mass is 9.92. The highest BCUT2D eigenvalue weighted by atomic mass is 14.8. The van der Waals surface area contributed by atoms with Crippen molar-refractivity contribution in [1.82, 2.24) is 19.9 Å². The third-order valence-corrected chi connectivity index (χ3v) is 8.69. The Morgan fingerprint density at radius 1 is 0.391 bits per heavy atom. The fraction of sp³-hybridized carbons (Fsp3) is 0. The van der Waals surface area contributed by atoms with Crippen LogP contribution in [0.25, 0.3) is 88.5 Å².